The number of aliphatic hydroxyl groups is 1. The van der Waals surface area contributed by atoms with Gasteiger partial charge in [-0.3, -0.25) is 4.72 Å². The average molecular weight is 378 g/mol. The highest BCUT2D eigenvalue weighted by Gasteiger charge is 2.32. The fraction of sp³-hybridized carbons (Fsp3) is 0.400. The van der Waals surface area contributed by atoms with E-state index in [1.54, 1.807) is 0 Å². The minimum absolute atomic E-state index is 0.0479. The largest absolute Gasteiger partial charge is 0.573 e. The van der Waals surface area contributed by atoms with Gasteiger partial charge in [-0.2, -0.15) is 0 Å². The molecule has 0 saturated carbocycles. The van der Waals surface area contributed by atoms with Gasteiger partial charge in [0.1, 0.15) is 11.0 Å². The third kappa shape index (κ3) is 4.84. The molecule has 1 unspecified atom stereocenters. The smallest absolute Gasteiger partial charge is 0.405 e. The van der Waals surface area contributed by atoms with Gasteiger partial charge >= 0.3 is 6.36 Å². The van der Waals surface area contributed by atoms with Crippen LogP contribution in [-0.2, 0) is 10.0 Å². The zero-order valence-corrected chi connectivity index (χ0v) is 12.5. The van der Waals surface area contributed by atoms with E-state index in [1.807, 2.05) is 0 Å². The second-order valence-electron chi connectivity index (χ2n) is 3.83. The van der Waals surface area contributed by atoms with Gasteiger partial charge in [-0.15, -0.1) is 13.2 Å². The second kappa shape index (κ2) is 6.19. The highest BCUT2D eigenvalue weighted by molar-refractivity contribution is 9.10. The van der Waals surface area contributed by atoms with Gasteiger partial charge < -0.3 is 9.84 Å². The summed E-state index contributed by atoms with van der Waals surface area (Å²) in [6.07, 6.45) is -4.84. The second-order valence-corrected chi connectivity index (χ2v) is 6.79. The van der Waals surface area contributed by atoms with Gasteiger partial charge in [0.05, 0.1) is 11.1 Å². The van der Waals surface area contributed by atoms with E-state index in [4.69, 9.17) is 5.11 Å². The highest BCUT2D eigenvalue weighted by Crippen LogP contribution is 2.32. The van der Waals surface area contributed by atoms with Crippen LogP contribution in [0.15, 0.2) is 22.7 Å². The summed E-state index contributed by atoms with van der Waals surface area (Å²) in [5.74, 6) is -0.490. The van der Waals surface area contributed by atoms with Crippen LogP contribution in [0, 0.1) is 0 Å². The van der Waals surface area contributed by atoms with Crippen molar-refractivity contribution in [3.63, 3.8) is 0 Å². The molecule has 0 fully saturated rings. The minimum Gasteiger partial charge on any atom is -0.405 e. The number of aliphatic hydroxyl groups excluding tert-OH is 1. The third-order valence-corrected chi connectivity index (χ3v) is 4.55. The molecule has 0 radical (unpaired) electrons. The van der Waals surface area contributed by atoms with E-state index in [9.17, 15) is 21.6 Å². The Kier molecular flexibility index (Phi) is 5.27. The van der Waals surface area contributed by atoms with Crippen molar-refractivity contribution in [1.29, 1.82) is 0 Å². The summed E-state index contributed by atoms with van der Waals surface area (Å²) in [4.78, 5) is 0. The summed E-state index contributed by atoms with van der Waals surface area (Å²) < 4.78 is 65.3. The van der Waals surface area contributed by atoms with Gasteiger partial charge in [-0.25, -0.2) is 8.42 Å². The predicted octanol–water partition coefficient (Wildman–Crippen LogP) is 2.47. The Bertz CT molecular complexity index is 576. The van der Waals surface area contributed by atoms with Crippen molar-refractivity contribution in [3.8, 4) is 5.75 Å². The number of rotatable bonds is 5. The molecule has 0 saturated heterocycles. The first-order valence-electron chi connectivity index (χ1n) is 5.23. The number of benzene rings is 1. The number of nitrogens with one attached hydrogen (secondary N) is 1. The minimum atomic E-state index is -4.84. The van der Waals surface area contributed by atoms with Gasteiger partial charge in [0.25, 0.3) is 0 Å². The molecule has 1 atom stereocenters. The molecule has 0 spiro atoms. The Labute approximate surface area is 121 Å². The Morgan fingerprint density at radius 1 is 1.45 bits per heavy atom. The summed E-state index contributed by atoms with van der Waals surface area (Å²) in [5.41, 5.74) is 0.0479. The molecule has 20 heavy (non-hydrogen) atoms. The first-order valence-corrected chi connectivity index (χ1v) is 7.57. The van der Waals surface area contributed by atoms with E-state index in [-0.39, 0.29) is 10.2 Å². The molecule has 2 N–H and O–H groups in total. The highest BCUT2D eigenvalue weighted by atomic mass is 79.9. The number of ether oxygens (including phenoxy) is 1. The number of halogens is 4. The molecule has 0 aliphatic heterocycles. The molecule has 0 heterocycles. The lowest BCUT2D eigenvalue weighted by molar-refractivity contribution is -0.274. The van der Waals surface area contributed by atoms with Gasteiger partial charge in [-0.05, 0) is 41.1 Å². The van der Waals surface area contributed by atoms with Crippen LogP contribution in [0.5, 0.6) is 5.75 Å². The number of sulfonamides is 1. The fourth-order valence-electron chi connectivity index (χ4n) is 1.13. The molecule has 1 aromatic rings. The first-order chi connectivity index (χ1) is 9.05. The Balaban J connectivity index is 2.94. The third-order valence-electron chi connectivity index (χ3n) is 2.20. The van der Waals surface area contributed by atoms with Crippen molar-refractivity contribution in [2.45, 2.75) is 18.5 Å². The first kappa shape index (κ1) is 17.1. The van der Waals surface area contributed by atoms with Crippen LogP contribution in [0.1, 0.15) is 6.92 Å². The van der Waals surface area contributed by atoms with Crippen molar-refractivity contribution in [1.82, 2.24) is 0 Å². The van der Waals surface area contributed by atoms with Crippen LogP contribution in [0.3, 0.4) is 0 Å². The van der Waals surface area contributed by atoms with E-state index in [0.29, 0.717) is 0 Å². The molecular formula is C10H11BrF3NO4S. The molecule has 0 aliphatic carbocycles. The van der Waals surface area contributed by atoms with E-state index >= 15 is 0 Å². The molecule has 114 valence electrons. The summed E-state index contributed by atoms with van der Waals surface area (Å²) >= 11 is 2.85. The van der Waals surface area contributed by atoms with Gasteiger partial charge in [0.15, 0.2) is 0 Å². The van der Waals surface area contributed by atoms with Crippen molar-refractivity contribution in [2.75, 3.05) is 11.3 Å². The molecule has 0 amide bonds. The molecule has 0 aromatic heterocycles. The van der Waals surface area contributed by atoms with Crippen LogP contribution in [-0.4, -0.2) is 31.7 Å². The van der Waals surface area contributed by atoms with E-state index in [1.165, 1.54) is 6.92 Å². The summed E-state index contributed by atoms with van der Waals surface area (Å²) in [7, 11) is -3.81. The molecule has 0 aliphatic rings. The quantitative estimate of drug-likeness (QED) is 0.826. The molecule has 10 heteroatoms. The van der Waals surface area contributed by atoms with Gasteiger partial charge in [0.2, 0.25) is 10.0 Å². The number of anilines is 1. The SMILES string of the molecule is CC(CO)S(=O)(=O)Nc1ccc(OC(F)(F)F)c(Br)c1. The molecule has 0 bridgehead atoms. The van der Waals surface area contributed by atoms with Crippen LogP contribution in [0.2, 0.25) is 0 Å². The molecular weight excluding hydrogens is 367 g/mol. The standard InChI is InChI=1S/C10H11BrF3NO4S/c1-6(5-16)20(17,18)15-7-2-3-9(8(11)4-7)19-10(12,13)14/h2-4,6,15-16H,5H2,1H3. The van der Waals surface area contributed by atoms with E-state index in [2.05, 4.69) is 25.4 Å². The zero-order chi connectivity index (χ0) is 15.6. The Hall–Kier alpha value is -1.00. The van der Waals surface area contributed by atoms with Crippen molar-refractivity contribution >= 4 is 31.6 Å². The molecule has 1 aromatic carbocycles. The maximum Gasteiger partial charge on any atom is 0.573 e. The lowest BCUT2D eigenvalue weighted by Gasteiger charge is -2.14. The van der Waals surface area contributed by atoms with Crippen LogP contribution >= 0.6 is 15.9 Å². The normalized spacial score (nSPS) is 13.9. The maximum atomic E-state index is 12.1. The van der Waals surface area contributed by atoms with E-state index in [0.717, 1.165) is 18.2 Å². The lowest BCUT2D eigenvalue weighted by atomic mass is 10.3. The van der Waals surface area contributed by atoms with Gasteiger partial charge in [0, 0.05) is 5.69 Å². The van der Waals surface area contributed by atoms with Crippen molar-refractivity contribution in [3.05, 3.63) is 22.7 Å². The zero-order valence-electron chi connectivity index (χ0n) is 10.1. The Morgan fingerprint density at radius 2 is 2.05 bits per heavy atom. The lowest BCUT2D eigenvalue weighted by Crippen LogP contribution is -2.28. The van der Waals surface area contributed by atoms with Crippen LogP contribution < -0.4 is 9.46 Å². The molecule has 5 nitrogen and oxygen atoms in total. The van der Waals surface area contributed by atoms with Gasteiger partial charge in [-0.1, -0.05) is 0 Å². The van der Waals surface area contributed by atoms with E-state index < -0.39 is 34.0 Å². The number of hydrogen-bond donors (Lipinski definition) is 2. The van der Waals surface area contributed by atoms with Crippen LogP contribution in [0.25, 0.3) is 0 Å². The maximum absolute atomic E-state index is 12.1. The molecule has 1 rings (SSSR count). The van der Waals surface area contributed by atoms with Crippen LogP contribution in [0.4, 0.5) is 18.9 Å². The fourth-order valence-corrected chi connectivity index (χ4v) is 2.45. The van der Waals surface area contributed by atoms with Crippen molar-refractivity contribution < 1.29 is 31.4 Å². The summed E-state index contributed by atoms with van der Waals surface area (Å²) in [6.45, 7) is 0.713. The Morgan fingerprint density at radius 3 is 2.50 bits per heavy atom. The topological polar surface area (TPSA) is 75.6 Å². The number of hydrogen-bond acceptors (Lipinski definition) is 4. The summed E-state index contributed by atoms with van der Waals surface area (Å²) in [5, 5.41) is 7.75. The summed E-state index contributed by atoms with van der Waals surface area (Å²) in [6, 6.07) is 3.22. The monoisotopic (exact) mass is 377 g/mol. The van der Waals surface area contributed by atoms with Crippen molar-refractivity contribution in [2.24, 2.45) is 0 Å². The predicted molar refractivity (Wildman–Crippen MR) is 69.9 cm³/mol. The average Bonchev–Trinajstić information content (AvgIpc) is 2.29. The number of alkyl halides is 3.